The molecule has 2 aromatic carbocycles. The van der Waals surface area contributed by atoms with E-state index in [4.69, 9.17) is 28.4 Å². The Bertz CT molecular complexity index is 2170. The van der Waals surface area contributed by atoms with Gasteiger partial charge in [0.05, 0.1) is 48.0 Å². The fourth-order valence-electron chi connectivity index (χ4n) is 14.0. The van der Waals surface area contributed by atoms with Crippen LogP contribution in [0.3, 0.4) is 0 Å². The summed E-state index contributed by atoms with van der Waals surface area (Å²) in [5, 5.41) is 9.72. The third-order valence-corrected chi connectivity index (χ3v) is 20.8. The predicted molar refractivity (Wildman–Crippen MR) is 428 cm³/mol. The van der Waals surface area contributed by atoms with Gasteiger partial charge in [0.2, 0.25) is 0 Å². The van der Waals surface area contributed by atoms with E-state index in [1.165, 1.54) is 77.0 Å². The number of ether oxygens (including phenoxy) is 6. The van der Waals surface area contributed by atoms with Crippen molar-refractivity contribution in [1.82, 2.24) is 4.90 Å². The Balaban J connectivity index is 2.33. The lowest BCUT2D eigenvalue weighted by molar-refractivity contribution is -0.141. The van der Waals surface area contributed by atoms with Gasteiger partial charge in [-0.05, 0) is 134 Å². The number of carbonyl (C=O) groups is 6. The van der Waals surface area contributed by atoms with Crippen LogP contribution in [0.15, 0.2) is 36.4 Å². The average Bonchev–Trinajstić information content (AvgIpc) is 0.842. The Hall–Kier alpha value is -4.82. The summed E-state index contributed by atoms with van der Waals surface area (Å²) in [5.74, 6) is -2.90. The molecule has 2 rings (SSSR count). The number of rotatable bonds is 72. The Morgan fingerprint density at radius 1 is 0.269 bits per heavy atom. The first-order valence-corrected chi connectivity index (χ1v) is 43.6. The molecule has 0 amide bonds. The number of nitrogens with zero attached hydrogens (tertiary/aromatic N) is 1. The first kappa shape index (κ1) is 95.3. The molecule has 14 nitrogen and oxygen atoms in total. The Kier molecular flexibility index (Phi) is 60.8. The SMILES string of the molecule is CCCCCCCCC(CCCCCC)C(=O)Oc1cc(OC(=O)C(CCCCCC)CCCCCCCC)cc(C(=O)OCCCCN(CCCCO)CCCCOC(=O)c2cc(OC(=O)C(CCCCCC)CCCCCCCC)cc(OC(=O)C(CCCCCC)CCCCCCCC)c2)c1. The minimum absolute atomic E-state index is 0.0949. The minimum atomic E-state index is -0.591. The van der Waals surface area contributed by atoms with Crippen LogP contribution in [0.2, 0.25) is 0 Å². The zero-order chi connectivity index (χ0) is 75.7. The fourth-order valence-corrected chi connectivity index (χ4v) is 14.0. The van der Waals surface area contributed by atoms with Gasteiger partial charge in [-0.15, -0.1) is 0 Å². The van der Waals surface area contributed by atoms with Crippen LogP contribution < -0.4 is 18.9 Å². The maximum Gasteiger partial charge on any atom is 0.338 e. The zero-order valence-corrected chi connectivity index (χ0v) is 68.0. The summed E-state index contributed by atoms with van der Waals surface area (Å²) in [5.41, 5.74) is 0.309. The number of unbranched alkanes of at least 4 members (excludes halogenated alkanes) is 35. The summed E-state index contributed by atoms with van der Waals surface area (Å²) in [6.07, 6.45) is 53.9. The second-order valence-corrected chi connectivity index (χ2v) is 30.4. The summed E-state index contributed by atoms with van der Waals surface area (Å²) in [6, 6.07) is 9.35. The summed E-state index contributed by atoms with van der Waals surface area (Å²) >= 11 is 0. The summed E-state index contributed by atoms with van der Waals surface area (Å²) in [6.45, 7) is 20.2. The molecule has 4 unspecified atom stereocenters. The summed E-state index contributed by atoms with van der Waals surface area (Å²) in [4.78, 5) is 87.1. The van der Waals surface area contributed by atoms with Crippen LogP contribution in [0.4, 0.5) is 0 Å². The maximum absolute atomic E-state index is 14.2. The van der Waals surface area contributed by atoms with Gasteiger partial charge in [0.15, 0.2) is 0 Å². The molecule has 0 saturated heterocycles. The highest BCUT2D eigenvalue weighted by molar-refractivity contribution is 5.92. The molecule has 0 spiro atoms. The van der Waals surface area contributed by atoms with Crippen molar-refractivity contribution in [2.75, 3.05) is 39.5 Å². The van der Waals surface area contributed by atoms with Crippen molar-refractivity contribution >= 4 is 35.8 Å². The third kappa shape index (κ3) is 48.5. The van der Waals surface area contributed by atoms with Crippen molar-refractivity contribution in [3.05, 3.63) is 47.5 Å². The van der Waals surface area contributed by atoms with Crippen molar-refractivity contribution in [3.8, 4) is 23.0 Å². The molecular formula is C90H155NO13. The van der Waals surface area contributed by atoms with Crippen LogP contribution >= 0.6 is 0 Å². The lowest BCUT2D eigenvalue weighted by atomic mass is 9.94. The molecule has 4 atom stereocenters. The van der Waals surface area contributed by atoms with Gasteiger partial charge < -0.3 is 38.4 Å². The number of benzene rings is 2. The molecular weight excluding hydrogens is 1300 g/mol. The molecule has 14 heteroatoms. The van der Waals surface area contributed by atoms with E-state index < -0.39 is 11.9 Å². The van der Waals surface area contributed by atoms with Crippen LogP contribution in [0.25, 0.3) is 0 Å². The van der Waals surface area contributed by atoms with Crippen LogP contribution in [0.1, 0.15) is 423 Å². The van der Waals surface area contributed by atoms with Crippen molar-refractivity contribution in [1.29, 1.82) is 0 Å². The van der Waals surface area contributed by atoms with Gasteiger partial charge in [0, 0.05) is 18.7 Å². The number of esters is 6. The minimum Gasteiger partial charge on any atom is -0.462 e. The van der Waals surface area contributed by atoms with E-state index in [1.807, 2.05) is 0 Å². The smallest absolute Gasteiger partial charge is 0.338 e. The van der Waals surface area contributed by atoms with Crippen LogP contribution in [-0.4, -0.2) is 85.3 Å². The van der Waals surface area contributed by atoms with Gasteiger partial charge in [-0.1, -0.05) is 312 Å². The van der Waals surface area contributed by atoms with E-state index in [2.05, 4.69) is 60.3 Å². The molecule has 0 aliphatic carbocycles. The lowest BCUT2D eigenvalue weighted by Gasteiger charge is -2.22. The standard InChI is InChI=1S/C90H155NO13/c1-9-17-25-33-37-45-59-75(55-41-29-21-13-5)87(95)101-81-69-79(70-82(73-81)102-88(96)76(56-42-30-22-14-6)60-46-38-34-26-18-10-2)85(93)99-67-53-50-64-91(63-49-52-66-92)65-51-54-68-100-86(94)80-71-83(103-89(97)77(57-43-31-23-15-7)61-47-39-35-27-19-11-3)74-84(72-80)104-90(98)78(58-44-32-24-16-8)62-48-40-36-28-20-12-4/h69-78,92H,9-68H2,1-8H3. The van der Waals surface area contributed by atoms with Gasteiger partial charge >= 0.3 is 35.8 Å². The van der Waals surface area contributed by atoms with E-state index in [0.29, 0.717) is 19.3 Å². The highest BCUT2D eigenvalue weighted by atomic mass is 16.6. The number of hydrogen-bond donors (Lipinski definition) is 1. The highest BCUT2D eigenvalue weighted by Crippen LogP contribution is 2.32. The molecule has 0 saturated carbocycles. The molecule has 0 heterocycles. The van der Waals surface area contributed by atoms with Crippen LogP contribution in [0.5, 0.6) is 23.0 Å². The van der Waals surface area contributed by atoms with E-state index in [0.717, 1.165) is 270 Å². The van der Waals surface area contributed by atoms with Crippen molar-refractivity contribution in [2.45, 2.75) is 402 Å². The molecule has 0 aromatic heterocycles. The lowest BCUT2D eigenvalue weighted by Crippen LogP contribution is -2.28. The van der Waals surface area contributed by atoms with Crippen molar-refractivity contribution in [3.63, 3.8) is 0 Å². The summed E-state index contributed by atoms with van der Waals surface area (Å²) in [7, 11) is 0. The van der Waals surface area contributed by atoms with Gasteiger partial charge in [-0.3, -0.25) is 19.2 Å². The quantitative estimate of drug-likeness (QED) is 0.0375. The Labute approximate surface area is 635 Å². The Morgan fingerprint density at radius 3 is 0.692 bits per heavy atom. The zero-order valence-electron chi connectivity index (χ0n) is 68.0. The van der Waals surface area contributed by atoms with Gasteiger partial charge in [0.25, 0.3) is 0 Å². The van der Waals surface area contributed by atoms with E-state index >= 15 is 0 Å². The van der Waals surface area contributed by atoms with E-state index in [9.17, 15) is 33.9 Å². The molecule has 104 heavy (non-hydrogen) atoms. The van der Waals surface area contributed by atoms with Gasteiger partial charge in [0.1, 0.15) is 23.0 Å². The number of aliphatic hydroxyl groups excluding tert-OH is 1. The van der Waals surface area contributed by atoms with Gasteiger partial charge in [-0.2, -0.15) is 0 Å². The van der Waals surface area contributed by atoms with E-state index in [-0.39, 0.29) is 101 Å². The van der Waals surface area contributed by atoms with Crippen LogP contribution in [0, 0.1) is 23.7 Å². The second kappa shape index (κ2) is 66.4. The molecule has 1 N–H and O–H groups in total. The molecule has 0 aliphatic rings. The predicted octanol–water partition coefficient (Wildman–Crippen LogP) is 25.3. The maximum atomic E-state index is 14.2. The number of carbonyl (C=O) groups excluding carboxylic acids is 6. The number of aliphatic hydroxyl groups is 1. The van der Waals surface area contributed by atoms with Crippen LogP contribution in [-0.2, 0) is 28.7 Å². The molecule has 0 fully saturated rings. The number of hydrogen-bond acceptors (Lipinski definition) is 14. The monoisotopic (exact) mass is 1460 g/mol. The fraction of sp³-hybridized carbons (Fsp3) is 0.800. The first-order chi connectivity index (χ1) is 50.8. The summed E-state index contributed by atoms with van der Waals surface area (Å²) < 4.78 is 36.6. The first-order valence-electron chi connectivity index (χ1n) is 43.6. The van der Waals surface area contributed by atoms with Gasteiger partial charge in [-0.25, -0.2) is 9.59 Å². The molecule has 2 aromatic rings. The highest BCUT2D eigenvalue weighted by Gasteiger charge is 2.27. The van der Waals surface area contributed by atoms with Crippen molar-refractivity contribution < 1.29 is 62.3 Å². The molecule has 0 bridgehead atoms. The largest absolute Gasteiger partial charge is 0.462 e. The molecule has 0 aliphatic heterocycles. The van der Waals surface area contributed by atoms with Crippen molar-refractivity contribution in [2.24, 2.45) is 23.7 Å². The van der Waals surface area contributed by atoms with E-state index in [1.54, 1.807) is 36.4 Å². The normalized spacial score (nSPS) is 12.6. The third-order valence-electron chi connectivity index (χ3n) is 20.8. The second-order valence-electron chi connectivity index (χ2n) is 30.4. The Morgan fingerprint density at radius 2 is 0.471 bits per heavy atom. The topological polar surface area (TPSA) is 181 Å². The molecule has 0 radical (unpaired) electrons. The average molecular weight is 1460 g/mol. The molecule has 598 valence electrons.